The van der Waals surface area contributed by atoms with Crippen LogP contribution in [0, 0.1) is 0 Å². The molecule has 0 atom stereocenters. The average molecular weight is 322 g/mol. The van der Waals surface area contributed by atoms with E-state index < -0.39 is 26.7 Å². The fraction of sp³-hybridized carbons (Fsp3) is 0.636. The van der Waals surface area contributed by atoms with E-state index in [1.54, 1.807) is 0 Å². The molecule has 0 radical (unpaired) electrons. The van der Waals surface area contributed by atoms with Crippen LogP contribution in [-0.4, -0.2) is 31.8 Å². The Morgan fingerprint density at radius 1 is 0.850 bits per heavy atom. The zero-order valence-corrected chi connectivity index (χ0v) is 13.5. The van der Waals surface area contributed by atoms with Gasteiger partial charge in [-0.2, -0.15) is 0 Å². The van der Waals surface area contributed by atoms with Crippen LogP contribution in [0.15, 0.2) is 0 Å². The summed E-state index contributed by atoms with van der Waals surface area (Å²) >= 11 is 3.63. The number of carbonyl (C=O) groups excluding carboxylic acids is 4. The van der Waals surface area contributed by atoms with Gasteiger partial charge in [-0.25, -0.2) is 0 Å². The van der Waals surface area contributed by atoms with Crippen molar-refractivity contribution in [3.8, 4) is 0 Å². The molecule has 0 spiro atoms. The number of rotatable bonds is 8. The normalized spacial score (nSPS) is 10.6. The van der Waals surface area contributed by atoms with Crippen LogP contribution in [0.25, 0.3) is 0 Å². The Bertz CT molecular complexity index is 355. The van der Waals surface area contributed by atoms with Gasteiger partial charge >= 0.3 is 8.80 Å². The van der Waals surface area contributed by atoms with E-state index in [1.165, 1.54) is 0 Å². The Morgan fingerprint density at radius 3 is 1.55 bits per heavy atom. The SMILES string of the molecule is CC(=O)O[Si](CCCCC(=O)S)(OC(C)=O)OC(C)=O. The molecule has 0 N–H and O–H groups in total. The van der Waals surface area contributed by atoms with E-state index in [2.05, 4.69) is 12.6 Å². The van der Waals surface area contributed by atoms with E-state index in [9.17, 15) is 19.2 Å². The van der Waals surface area contributed by atoms with Gasteiger partial charge in [-0.1, -0.05) is 0 Å². The molecule has 0 aromatic rings. The first-order valence-electron chi connectivity index (χ1n) is 5.97. The van der Waals surface area contributed by atoms with Crippen molar-refractivity contribution in [2.45, 2.75) is 46.1 Å². The molecule has 20 heavy (non-hydrogen) atoms. The summed E-state index contributed by atoms with van der Waals surface area (Å²) in [5, 5.41) is -0.273. The van der Waals surface area contributed by atoms with Gasteiger partial charge in [-0.3, -0.25) is 19.2 Å². The molecule has 9 heteroatoms. The molecule has 114 valence electrons. The van der Waals surface area contributed by atoms with Crippen molar-refractivity contribution in [3.63, 3.8) is 0 Å². The van der Waals surface area contributed by atoms with Gasteiger partial charge in [0.15, 0.2) is 5.12 Å². The summed E-state index contributed by atoms with van der Waals surface area (Å²) in [4.78, 5) is 44.1. The van der Waals surface area contributed by atoms with Gasteiger partial charge in [-0.15, -0.1) is 12.6 Å². The number of hydrogen-bond acceptors (Lipinski definition) is 7. The molecule has 0 amide bonds. The van der Waals surface area contributed by atoms with Gasteiger partial charge in [0.05, 0.1) is 6.04 Å². The highest BCUT2D eigenvalue weighted by Crippen LogP contribution is 2.21. The smallest absolute Gasteiger partial charge is 0.455 e. The fourth-order valence-corrected chi connectivity index (χ4v) is 4.08. The zero-order chi connectivity index (χ0) is 15.8. The van der Waals surface area contributed by atoms with Crippen molar-refractivity contribution in [1.82, 2.24) is 0 Å². The third kappa shape index (κ3) is 8.70. The molecule has 0 unspecified atom stereocenters. The summed E-state index contributed by atoms with van der Waals surface area (Å²) in [6.07, 6.45) is 1.08. The van der Waals surface area contributed by atoms with Crippen LogP contribution in [0.4, 0.5) is 0 Å². The van der Waals surface area contributed by atoms with E-state index >= 15 is 0 Å². The lowest BCUT2D eigenvalue weighted by atomic mass is 10.3. The average Bonchev–Trinajstić information content (AvgIpc) is 2.20. The summed E-state index contributed by atoms with van der Waals surface area (Å²) < 4.78 is 14.9. The number of thiol groups is 1. The van der Waals surface area contributed by atoms with Gasteiger partial charge in [0.1, 0.15) is 0 Å². The molecule has 7 nitrogen and oxygen atoms in total. The van der Waals surface area contributed by atoms with Gasteiger partial charge in [0.25, 0.3) is 17.9 Å². The highest BCUT2D eigenvalue weighted by Gasteiger charge is 2.51. The minimum absolute atomic E-state index is 0.0762. The minimum atomic E-state index is -3.74. The summed E-state index contributed by atoms with van der Waals surface area (Å²) in [7, 11) is -3.74. The molecular weight excluding hydrogens is 304 g/mol. The third-order valence-electron chi connectivity index (χ3n) is 2.02. The quantitative estimate of drug-likeness (QED) is 0.408. The maximum atomic E-state index is 11.1. The standard InChI is InChI=1S/C11H18O7SSi/c1-8(12)16-20(17-9(2)13,18-10(3)14)7-5-4-6-11(15)19/h4-7H2,1-3H3,(H,15,19). The van der Waals surface area contributed by atoms with Crippen LogP contribution in [0.5, 0.6) is 0 Å². The number of hydrogen-bond donors (Lipinski definition) is 1. The molecule has 0 aromatic carbocycles. The molecule has 0 heterocycles. The second-order valence-electron chi connectivity index (χ2n) is 4.06. The van der Waals surface area contributed by atoms with Crippen LogP contribution in [0.2, 0.25) is 6.04 Å². The Kier molecular flexibility index (Phi) is 8.15. The monoisotopic (exact) mass is 322 g/mol. The third-order valence-corrected chi connectivity index (χ3v) is 5.01. The summed E-state index contributed by atoms with van der Waals surface area (Å²) in [5.41, 5.74) is 0. The number of unbranched alkanes of at least 4 members (excludes halogenated alkanes) is 1. The van der Waals surface area contributed by atoms with Crippen molar-refractivity contribution in [2.24, 2.45) is 0 Å². The first-order valence-corrected chi connectivity index (χ1v) is 8.35. The minimum Gasteiger partial charge on any atom is -0.455 e. The maximum absolute atomic E-state index is 11.1. The highest BCUT2D eigenvalue weighted by atomic mass is 32.1. The molecule has 0 aliphatic heterocycles. The van der Waals surface area contributed by atoms with Crippen LogP contribution < -0.4 is 0 Å². The van der Waals surface area contributed by atoms with Crippen LogP contribution >= 0.6 is 12.6 Å². The topological polar surface area (TPSA) is 96.0 Å². The van der Waals surface area contributed by atoms with Crippen LogP contribution in [0.3, 0.4) is 0 Å². The van der Waals surface area contributed by atoms with E-state index in [0.717, 1.165) is 20.8 Å². The Balaban J connectivity index is 4.85. The lowest BCUT2D eigenvalue weighted by molar-refractivity contribution is -0.147. The van der Waals surface area contributed by atoms with Crippen molar-refractivity contribution in [3.05, 3.63) is 0 Å². The summed E-state index contributed by atoms with van der Waals surface area (Å²) in [5.74, 6) is -2.11. The first kappa shape index (κ1) is 18.6. The predicted molar refractivity (Wildman–Crippen MR) is 73.7 cm³/mol. The second kappa shape index (κ2) is 8.75. The predicted octanol–water partition coefficient (Wildman–Crippen LogP) is 1.24. The molecular formula is C11H18O7SSi. The lowest BCUT2D eigenvalue weighted by Gasteiger charge is -2.26. The molecule has 0 saturated carbocycles. The van der Waals surface area contributed by atoms with Gasteiger partial charge in [0.2, 0.25) is 0 Å². The van der Waals surface area contributed by atoms with Gasteiger partial charge in [0, 0.05) is 27.2 Å². The first-order chi connectivity index (χ1) is 9.17. The molecule has 0 aliphatic rings. The number of carbonyl (C=O) groups is 4. The summed E-state index contributed by atoms with van der Waals surface area (Å²) in [6.45, 7) is 3.39. The molecule has 0 aromatic heterocycles. The fourth-order valence-electron chi connectivity index (χ4n) is 1.49. The van der Waals surface area contributed by atoms with E-state index in [4.69, 9.17) is 13.3 Å². The molecule has 0 aliphatic carbocycles. The molecule has 0 saturated heterocycles. The van der Waals surface area contributed by atoms with Gasteiger partial charge in [-0.05, 0) is 12.8 Å². The van der Waals surface area contributed by atoms with Crippen molar-refractivity contribution >= 4 is 44.5 Å². The van der Waals surface area contributed by atoms with Crippen molar-refractivity contribution in [1.29, 1.82) is 0 Å². The van der Waals surface area contributed by atoms with E-state index in [-0.39, 0.29) is 17.6 Å². The Hall–Kier alpha value is -1.35. The molecule has 0 bridgehead atoms. The van der Waals surface area contributed by atoms with Crippen molar-refractivity contribution in [2.75, 3.05) is 0 Å². The largest absolute Gasteiger partial charge is 0.705 e. The second-order valence-corrected chi connectivity index (χ2v) is 7.04. The van der Waals surface area contributed by atoms with Crippen molar-refractivity contribution < 1.29 is 32.5 Å². The lowest BCUT2D eigenvalue weighted by Crippen LogP contribution is -2.49. The van der Waals surface area contributed by atoms with Crippen LogP contribution in [-0.2, 0) is 32.5 Å². The van der Waals surface area contributed by atoms with E-state index in [1.807, 2.05) is 0 Å². The molecule has 0 rings (SSSR count). The Labute approximate surface area is 123 Å². The van der Waals surface area contributed by atoms with E-state index in [0.29, 0.717) is 12.8 Å². The maximum Gasteiger partial charge on any atom is 0.705 e. The summed E-state index contributed by atoms with van der Waals surface area (Å²) in [6, 6.07) is 0.0762. The molecule has 0 fully saturated rings. The highest BCUT2D eigenvalue weighted by molar-refractivity contribution is 7.96. The van der Waals surface area contributed by atoms with Crippen LogP contribution in [0.1, 0.15) is 40.0 Å². The van der Waals surface area contributed by atoms with Gasteiger partial charge < -0.3 is 13.3 Å². The Morgan fingerprint density at radius 2 is 1.25 bits per heavy atom. The zero-order valence-electron chi connectivity index (χ0n) is 11.6.